The van der Waals surface area contributed by atoms with Gasteiger partial charge >= 0.3 is 0 Å². The fraction of sp³-hybridized carbons (Fsp3) is 0.273. The summed E-state index contributed by atoms with van der Waals surface area (Å²) >= 11 is 0. The predicted molar refractivity (Wildman–Crippen MR) is 52.0 cm³/mol. The Labute approximate surface area is 82.1 Å². The van der Waals surface area contributed by atoms with Crippen molar-refractivity contribution in [2.45, 2.75) is 19.8 Å². The molecule has 0 radical (unpaired) electrons. The molecule has 0 saturated heterocycles. The first-order valence-corrected chi connectivity index (χ1v) is 4.66. The Hall–Kier alpha value is -1.64. The fourth-order valence-electron chi connectivity index (χ4n) is 1.62. The highest BCUT2D eigenvalue weighted by molar-refractivity contribution is 6.09. The second-order valence-electron chi connectivity index (χ2n) is 3.40. The molecule has 0 bridgehead atoms. The lowest BCUT2D eigenvalue weighted by Crippen LogP contribution is -2.37. The third-order valence-corrected chi connectivity index (χ3v) is 2.43. The first-order valence-electron chi connectivity index (χ1n) is 4.66. The van der Waals surface area contributed by atoms with Crippen molar-refractivity contribution in [2.75, 3.05) is 0 Å². The number of hydrogen-bond donors (Lipinski definition) is 1. The number of carbonyl (C=O) groups excluding carboxylic acids is 2. The molecule has 0 saturated carbocycles. The Bertz CT molecular complexity index is 410. The van der Waals surface area contributed by atoms with E-state index in [1.807, 2.05) is 25.1 Å². The molecule has 3 heteroatoms. The summed E-state index contributed by atoms with van der Waals surface area (Å²) in [7, 11) is 0. The second-order valence-corrected chi connectivity index (χ2v) is 3.40. The molecule has 0 spiro atoms. The van der Waals surface area contributed by atoms with Crippen LogP contribution in [0.25, 0.3) is 0 Å². The number of carbonyl (C=O) groups is 2. The van der Waals surface area contributed by atoms with Crippen molar-refractivity contribution >= 4 is 11.8 Å². The van der Waals surface area contributed by atoms with E-state index >= 15 is 0 Å². The summed E-state index contributed by atoms with van der Waals surface area (Å²) in [4.78, 5) is 22.5. The molecule has 72 valence electrons. The van der Waals surface area contributed by atoms with Crippen LogP contribution in [0.5, 0.6) is 0 Å². The first-order chi connectivity index (χ1) is 6.70. The summed E-state index contributed by atoms with van der Waals surface area (Å²) in [6.45, 7) is 2.04. The fourth-order valence-corrected chi connectivity index (χ4v) is 1.62. The number of hydrogen-bond acceptors (Lipinski definition) is 2. The number of rotatable bonds is 1. The van der Waals surface area contributed by atoms with Crippen LogP contribution in [0.1, 0.15) is 28.4 Å². The van der Waals surface area contributed by atoms with Gasteiger partial charge in [0, 0.05) is 5.56 Å². The molecule has 0 aliphatic carbocycles. The number of nitrogens with one attached hydrogen (secondary N) is 1. The quantitative estimate of drug-likeness (QED) is 0.671. The maximum atomic E-state index is 11.4. The minimum absolute atomic E-state index is 0.216. The van der Waals surface area contributed by atoms with Gasteiger partial charge in [-0.1, -0.05) is 19.1 Å². The van der Waals surface area contributed by atoms with Gasteiger partial charge in [-0.05, 0) is 23.6 Å². The van der Waals surface area contributed by atoms with Crippen LogP contribution in [0.2, 0.25) is 0 Å². The molecule has 1 heterocycles. The van der Waals surface area contributed by atoms with Crippen LogP contribution in [0.4, 0.5) is 0 Å². The highest BCUT2D eigenvalue weighted by atomic mass is 16.2. The number of benzene rings is 1. The van der Waals surface area contributed by atoms with Gasteiger partial charge in [0.1, 0.15) is 0 Å². The van der Waals surface area contributed by atoms with Crippen molar-refractivity contribution in [1.29, 1.82) is 0 Å². The maximum Gasteiger partial charge on any atom is 0.258 e. The molecular weight excluding hydrogens is 178 g/mol. The van der Waals surface area contributed by atoms with Crippen LogP contribution in [0.3, 0.4) is 0 Å². The molecule has 1 aromatic rings. The van der Waals surface area contributed by atoms with Crippen LogP contribution in [0, 0.1) is 0 Å². The van der Waals surface area contributed by atoms with Crippen LogP contribution in [-0.2, 0) is 17.6 Å². The monoisotopic (exact) mass is 189 g/mol. The minimum Gasteiger partial charge on any atom is -0.292 e. The minimum atomic E-state index is -0.272. The van der Waals surface area contributed by atoms with Gasteiger partial charge in [-0.25, -0.2) is 0 Å². The van der Waals surface area contributed by atoms with Crippen molar-refractivity contribution in [3.05, 3.63) is 34.9 Å². The van der Waals surface area contributed by atoms with Gasteiger partial charge in [-0.2, -0.15) is 0 Å². The number of amides is 2. The van der Waals surface area contributed by atoms with Gasteiger partial charge < -0.3 is 0 Å². The zero-order valence-electron chi connectivity index (χ0n) is 7.96. The SMILES string of the molecule is CCc1ccc2c(c1)C(=O)NC(=O)C2. The van der Waals surface area contributed by atoms with E-state index in [9.17, 15) is 9.59 Å². The zero-order valence-corrected chi connectivity index (χ0v) is 7.96. The van der Waals surface area contributed by atoms with E-state index < -0.39 is 0 Å². The molecule has 1 aliphatic heterocycles. The molecule has 0 fully saturated rings. The molecule has 0 atom stereocenters. The van der Waals surface area contributed by atoms with Gasteiger partial charge in [-0.3, -0.25) is 14.9 Å². The highest BCUT2D eigenvalue weighted by Gasteiger charge is 2.21. The highest BCUT2D eigenvalue weighted by Crippen LogP contribution is 2.16. The Balaban J connectivity index is 2.49. The van der Waals surface area contributed by atoms with Crippen molar-refractivity contribution in [3.63, 3.8) is 0 Å². The average Bonchev–Trinajstić information content (AvgIpc) is 2.17. The lowest BCUT2D eigenvalue weighted by Gasteiger charge is -2.15. The summed E-state index contributed by atoms with van der Waals surface area (Å²) in [5.41, 5.74) is 2.59. The van der Waals surface area contributed by atoms with Crippen molar-refractivity contribution in [1.82, 2.24) is 5.32 Å². The summed E-state index contributed by atoms with van der Waals surface area (Å²) in [6, 6.07) is 5.69. The van der Waals surface area contributed by atoms with E-state index in [-0.39, 0.29) is 11.8 Å². The van der Waals surface area contributed by atoms with E-state index in [0.29, 0.717) is 12.0 Å². The van der Waals surface area contributed by atoms with Crippen LogP contribution in [-0.4, -0.2) is 11.8 Å². The summed E-state index contributed by atoms with van der Waals surface area (Å²) in [6.07, 6.45) is 1.21. The maximum absolute atomic E-state index is 11.4. The second kappa shape index (κ2) is 3.25. The number of imide groups is 1. The molecule has 14 heavy (non-hydrogen) atoms. The molecule has 1 aromatic carbocycles. The van der Waals surface area contributed by atoms with E-state index in [1.54, 1.807) is 0 Å². The molecule has 0 unspecified atom stereocenters. The van der Waals surface area contributed by atoms with Gasteiger partial charge in [0.2, 0.25) is 5.91 Å². The lowest BCUT2D eigenvalue weighted by atomic mass is 9.97. The van der Waals surface area contributed by atoms with Crippen LogP contribution in [0.15, 0.2) is 18.2 Å². The molecule has 2 amide bonds. The van der Waals surface area contributed by atoms with E-state index in [0.717, 1.165) is 17.5 Å². The molecule has 1 N–H and O–H groups in total. The summed E-state index contributed by atoms with van der Waals surface area (Å²) < 4.78 is 0. The Morgan fingerprint density at radius 2 is 2.14 bits per heavy atom. The van der Waals surface area contributed by atoms with Crippen LogP contribution < -0.4 is 5.32 Å². The van der Waals surface area contributed by atoms with Crippen molar-refractivity contribution in [3.8, 4) is 0 Å². The smallest absolute Gasteiger partial charge is 0.258 e. The van der Waals surface area contributed by atoms with Gasteiger partial charge in [0.25, 0.3) is 5.91 Å². The average molecular weight is 189 g/mol. The standard InChI is InChI=1S/C11H11NO2/c1-2-7-3-4-8-6-10(13)12-11(14)9(8)5-7/h3-5H,2,6H2,1H3,(H,12,13,14). The third kappa shape index (κ3) is 1.41. The first kappa shape index (κ1) is 8.94. The van der Waals surface area contributed by atoms with E-state index in [4.69, 9.17) is 0 Å². The predicted octanol–water partition coefficient (Wildman–Crippen LogP) is 1.06. The molecule has 1 aliphatic rings. The van der Waals surface area contributed by atoms with Crippen molar-refractivity contribution < 1.29 is 9.59 Å². The van der Waals surface area contributed by atoms with Gasteiger partial charge in [-0.15, -0.1) is 0 Å². The largest absolute Gasteiger partial charge is 0.292 e. The van der Waals surface area contributed by atoms with Gasteiger partial charge in [0.05, 0.1) is 6.42 Å². The molecule has 0 aromatic heterocycles. The summed E-state index contributed by atoms with van der Waals surface area (Å²) in [5, 5.41) is 2.31. The third-order valence-electron chi connectivity index (χ3n) is 2.43. The summed E-state index contributed by atoms with van der Waals surface area (Å²) in [5.74, 6) is -0.488. The van der Waals surface area contributed by atoms with Crippen LogP contribution >= 0.6 is 0 Å². The zero-order chi connectivity index (χ0) is 10.1. The molecule has 2 rings (SSSR count). The van der Waals surface area contributed by atoms with Gasteiger partial charge in [0.15, 0.2) is 0 Å². The number of aryl methyl sites for hydroxylation is 1. The number of fused-ring (bicyclic) bond motifs is 1. The Morgan fingerprint density at radius 3 is 2.86 bits per heavy atom. The Morgan fingerprint density at radius 1 is 1.36 bits per heavy atom. The molecular formula is C11H11NO2. The van der Waals surface area contributed by atoms with Crippen molar-refractivity contribution in [2.24, 2.45) is 0 Å². The molecule has 3 nitrogen and oxygen atoms in total. The van der Waals surface area contributed by atoms with E-state index in [2.05, 4.69) is 5.32 Å². The lowest BCUT2D eigenvalue weighted by molar-refractivity contribution is -0.119. The van der Waals surface area contributed by atoms with E-state index in [1.165, 1.54) is 0 Å². The normalized spacial score (nSPS) is 14.9. The Kier molecular flexibility index (Phi) is 2.08. The topological polar surface area (TPSA) is 46.2 Å².